The van der Waals surface area contributed by atoms with E-state index in [9.17, 15) is 4.79 Å². The van der Waals surface area contributed by atoms with Crippen LogP contribution in [0.4, 0.5) is 0 Å². The summed E-state index contributed by atoms with van der Waals surface area (Å²) in [4.78, 5) is 11.7. The maximum Gasteiger partial charge on any atom is 0.289 e. The zero-order chi connectivity index (χ0) is 13.7. The summed E-state index contributed by atoms with van der Waals surface area (Å²) in [5.41, 5.74) is 0.706. The lowest BCUT2D eigenvalue weighted by atomic mass is 9.88. The minimum absolute atomic E-state index is 0.235. The second kappa shape index (κ2) is 6.70. The zero-order valence-corrected chi connectivity index (χ0v) is 11.6. The molecule has 106 valence electrons. The van der Waals surface area contributed by atoms with Crippen LogP contribution in [0.2, 0.25) is 0 Å². The van der Waals surface area contributed by atoms with Gasteiger partial charge < -0.3 is 14.6 Å². The monoisotopic (exact) mass is 266 g/mol. The smallest absolute Gasteiger partial charge is 0.289 e. The minimum atomic E-state index is -0.235. The maximum atomic E-state index is 11.7. The van der Waals surface area contributed by atoms with Crippen molar-refractivity contribution in [1.82, 2.24) is 10.5 Å². The molecule has 0 spiro atoms. The number of nitrogens with one attached hydrogen (secondary N) is 1. The first-order valence-electron chi connectivity index (χ1n) is 7.00. The highest BCUT2D eigenvalue weighted by molar-refractivity contribution is 5.91. The Bertz CT molecular complexity index is 417. The molecule has 1 fully saturated rings. The predicted octanol–water partition coefficient (Wildman–Crippen LogP) is 2.31. The van der Waals surface area contributed by atoms with Crippen LogP contribution in [0.3, 0.4) is 0 Å². The molecule has 0 bridgehead atoms. The fourth-order valence-electron chi connectivity index (χ4n) is 2.46. The fourth-order valence-corrected chi connectivity index (χ4v) is 2.46. The van der Waals surface area contributed by atoms with E-state index in [1.807, 2.05) is 0 Å². The molecule has 5 nitrogen and oxygen atoms in total. The van der Waals surface area contributed by atoms with Gasteiger partial charge in [-0.05, 0) is 25.7 Å². The van der Waals surface area contributed by atoms with Crippen molar-refractivity contribution in [1.29, 1.82) is 0 Å². The molecule has 0 radical (unpaired) electrons. The molecule has 1 heterocycles. The van der Waals surface area contributed by atoms with Crippen molar-refractivity contribution in [3.63, 3.8) is 0 Å². The SMILES string of the molecule is Cc1cc(C(=O)NCCO[C@@H]2CCCC[C@@H]2C)on1. The standard InChI is InChI=1S/C14H22N2O3/c1-10-5-3-4-6-12(10)18-8-7-15-14(17)13-9-11(2)16-19-13/h9-10,12H,3-8H2,1-2H3,(H,15,17)/t10-,12+/m0/s1. The number of nitrogens with zero attached hydrogens (tertiary/aromatic N) is 1. The number of hydrogen-bond donors (Lipinski definition) is 1. The van der Waals surface area contributed by atoms with Crippen LogP contribution < -0.4 is 5.32 Å². The van der Waals surface area contributed by atoms with Crippen LogP contribution in [0.1, 0.15) is 48.9 Å². The Kier molecular flexibility index (Phi) is 4.96. The first-order chi connectivity index (χ1) is 9.16. The molecule has 1 saturated carbocycles. The zero-order valence-electron chi connectivity index (χ0n) is 11.6. The molecule has 0 saturated heterocycles. The number of carbonyl (C=O) groups is 1. The third kappa shape index (κ3) is 4.06. The van der Waals surface area contributed by atoms with E-state index in [1.165, 1.54) is 19.3 Å². The lowest BCUT2D eigenvalue weighted by Gasteiger charge is -2.28. The number of hydrogen-bond acceptors (Lipinski definition) is 4. The van der Waals surface area contributed by atoms with Gasteiger partial charge in [0.25, 0.3) is 5.91 Å². The van der Waals surface area contributed by atoms with Crippen LogP contribution in [0, 0.1) is 12.8 Å². The third-order valence-corrected chi connectivity index (χ3v) is 3.60. The highest BCUT2D eigenvalue weighted by Crippen LogP contribution is 2.25. The van der Waals surface area contributed by atoms with Crippen LogP contribution in [0.5, 0.6) is 0 Å². The first kappa shape index (κ1) is 14.1. The van der Waals surface area contributed by atoms with Gasteiger partial charge in [0.05, 0.1) is 18.4 Å². The third-order valence-electron chi connectivity index (χ3n) is 3.60. The van der Waals surface area contributed by atoms with E-state index in [0.717, 1.165) is 6.42 Å². The van der Waals surface area contributed by atoms with Crippen molar-refractivity contribution in [3.8, 4) is 0 Å². The summed E-state index contributed by atoms with van der Waals surface area (Å²) >= 11 is 0. The summed E-state index contributed by atoms with van der Waals surface area (Å²) < 4.78 is 10.7. The Labute approximate surface area is 113 Å². The number of aryl methyl sites for hydroxylation is 1. The molecule has 0 aliphatic heterocycles. The first-order valence-corrected chi connectivity index (χ1v) is 7.00. The molecule has 1 amide bonds. The van der Waals surface area contributed by atoms with Crippen LogP contribution in [-0.2, 0) is 4.74 Å². The molecule has 5 heteroatoms. The van der Waals surface area contributed by atoms with E-state index < -0.39 is 0 Å². The molecule has 0 unspecified atom stereocenters. The van der Waals surface area contributed by atoms with Gasteiger partial charge in [-0.25, -0.2) is 0 Å². The Hall–Kier alpha value is -1.36. The van der Waals surface area contributed by atoms with Gasteiger partial charge in [0.2, 0.25) is 5.76 Å². The lowest BCUT2D eigenvalue weighted by molar-refractivity contribution is -0.00302. The highest BCUT2D eigenvalue weighted by Gasteiger charge is 2.21. The van der Waals surface area contributed by atoms with E-state index >= 15 is 0 Å². The van der Waals surface area contributed by atoms with E-state index in [2.05, 4.69) is 17.4 Å². The normalized spacial score (nSPS) is 23.3. The molecular weight excluding hydrogens is 244 g/mol. The molecule has 1 N–H and O–H groups in total. The topological polar surface area (TPSA) is 64.4 Å². The van der Waals surface area contributed by atoms with Gasteiger partial charge in [0, 0.05) is 12.6 Å². The van der Waals surface area contributed by atoms with Gasteiger partial charge in [-0.3, -0.25) is 4.79 Å². The highest BCUT2D eigenvalue weighted by atomic mass is 16.5. The summed E-state index contributed by atoms with van der Waals surface area (Å²) in [5.74, 6) is 0.644. The molecule has 1 aromatic rings. The average molecular weight is 266 g/mol. The van der Waals surface area contributed by atoms with Crippen molar-refractivity contribution in [2.75, 3.05) is 13.2 Å². The summed E-state index contributed by atoms with van der Waals surface area (Å²) in [6.07, 6.45) is 5.28. The molecule has 2 rings (SSSR count). The average Bonchev–Trinajstić information content (AvgIpc) is 2.83. The van der Waals surface area contributed by atoms with Gasteiger partial charge in [-0.15, -0.1) is 0 Å². The summed E-state index contributed by atoms with van der Waals surface area (Å²) in [5, 5.41) is 6.45. The van der Waals surface area contributed by atoms with E-state index in [-0.39, 0.29) is 11.7 Å². The van der Waals surface area contributed by atoms with Crippen LogP contribution >= 0.6 is 0 Å². The predicted molar refractivity (Wildman–Crippen MR) is 70.9 cm³/mol. The summed E-state index contributed by atoms with van der Waals surface area (Å²) in [6.45, 7) is 5.07. The Morgan fingerprint density at radius 1 is 1.53 bits per heavy atom. The number of amides is 1. The molecule has 1 aliphatic rings. The van der Waals surface area contributed by atoms with Crippen molar-refractivity contribution in [3.05, 3.63) is 17.5 Å². The van der Waals surface area contributed by atoms with Crippen LogP contribution in [-0.4, -0.2) is 30.3 Å². The lowest BCUT2D eigenvalue weighted by Crippen LogP contribution is -2.31. The number of carbonyl (C=O) groups excluding carboxylic acids is 1. The Morgan fingerprint density at radius 3 is 3.00 bits per heavy atom. The van der Waals surface area contributed by atoms with Crippen LogP contribution in [0.15, 0.2) is 10.6 Å². The van der Waals surface area contributed by atoms with Gasteiger partial charge >= 0.3 is 0 Å². The van der Waals surface area contributed by atoms with Gasteiger partial charge in [-0.2, -0.15) is 0 Å². The van der Waals surface area contributed by atoms with E-state index in [4.69, 9.17) is 9.26 Å². The molecule has 2 atom stereocenters. The molecule has 1 aromatic heterocycles. The molecule has 1 aliphatic carbocycles. The van der Waals surface area contributed by atoms with Gasteiger partial charge in [-0.1, -0.05) is 24.9 Å². The number of rotatable bonds is 5. The summed E-state index contributed by atoms with van der Waals surface area (Å²) in [6, 6.07) is 1.62. The minimum Gasteiger partial charge on any atom is -0.376 e. The fraction of sp³-hybridized carbons (Fsp3) is 0.714. The van der Waals surface area contributed by atoms with E-state index in [1.54, 1.807) is 13.0 Å². The van der Waals surface area contributed by atoms with Crippen molar-refractivity contribution in [2.24, 2.45) is 5.92 Å². The molecular formula is C14H22N2O3. The van der Waals surface area contributed by atoms with E-state index in [0.29, 0.717) is 30.9 Å². The number of aromatic nitrogens is 1. The van der Waals surface area contributed by atoms with Gasteiger partial charge in [0.15, 0.2) is 0 Å². The second-order valence-corrected chi connectivity index (χ2v) is 5.26. The van der Waals surface area contributed by atoms with Gasteiger partial charge in [0.1, 0.15) is 0 Å². The number of ether oxygens (including phenoxy) is 1. The quantitative estimate of drug-likeness (QED) is 0.831. The Morgan fingerprint density at radius 2 is 2.32 bits per heavy atom. The van der Waals surface area contributed by atoms with Crippen molar-refractivity contribution in [2.45, 2.75) is 45.6 Å². The van der Waals surface area contributed by atoms with Crippen molar-refractivity contribution < 1.29 is 14.1 Å². The second-order valence-electron chi connectivity index (χ2n) is 5.26. The molecule has 19 heavy (non-hydrogen) atoms. The van der Waals surface area contributed by atoms with Crippen molar-refractivity contribution >= 4 is 5.91 Å². The largest absolute Gasteiger partial charge is 0.376 e. The summed E-state index contributed by atoms with van der Waals surface area (Å²) in [7, 11) is 0. The Balaban J connectivity index is 1.65. The maximum absolute atomic E-state index is 11.7. The molecule has 0 aromatic carbocycles. The van der Waals surface area contributed by atoms with Crippen LogP contribution in [0.25, 0.3) is 0 Å².